The Bertz CT molecular complexity index is 544. The average Bonchev–Trinajstić information content (AvgIpc) is 2.84. The predicted octanol–water partition coefficient (Wildman–Crippen LogP) is 4.96. The van der Waals surface area contributed by atoms with Crippen LogP contribution < -0.4 is 4.74 Å². The van der Waals surface area contributed by atoms with Crippen molar-refractivity contribution in [2.24, 2.45) is 0 Å². The molecule has 0 bridgehead atoms. The molecule has 0 atom stereocenters. The van der Waals surface area contributed by atoms with Crippen molar-refractivity contribution in [2.45, 2.75) is 25.6 Å². The van der Waals surface area contributed by atoms with Crippen LogP contribution >= 0.6 is 38.9 Å². The van der Waals surface area contributed by atoms with Crippen LogP contribution in [-0.4, -0.2) is 11.6 Å². The lowest BCUT2D eigenvalue weighted by Crippen LogP contribution is -2.00. The summed E-state index contributed by atoms with van der Waals surface area (Å²) in [6.07, 6.45) is 1.90. The lowest BCUT2D eigenvalue weighted by molar-refractivity contribution is 0.309. The molecule has 1 aromatic carbocycles. The largest absolute Gasteiger partial charge is 0.493 e. The van der Waals surface area contributed by atoms with Gasteiger partial charge in [0.25, 0.3) is 0 Å². The van der Waals surface area contributed by atoms with Gasteiger partial charge in [0, 0.05) is 16.3 Å². The van der Waals surface area contributed by atoms with E-state index >= 15 is 0 Å². The van der Waals surface area contributed by atoms with Gasteiger partial charge < -0.3 is 4.74 Å². The van der Waals surface area contributed by atoms with Gasteiger partial charge in [-0.2, -0.15) is 0 Å². The van der Waals surface area contributed by atoms with Crippen LogP contribution in [0.2, 0.25) is 0 Å². The third-order valence-corrected chi connectivity index (χ3v) is 4.39. The Morgan fingerprint density at radius 2 is 2.26 bits per heavy atom. The first-order valence-corrected chi connectivity index (χ1v) is 8.28. The highest BCUT2D eigenvalue weighted by Gasteiger charge is 2.03. The number of rotatable bonds is 6. The van der Waals surface area contributed by atoms with Crippen molar-refractivity contribution in [3.63, 3.8) is 0 Å². The van der Waals surface area contributed by atoms with Crippen molar-refractivity contribution in [2.75, 3.05) is 6.61 Å². The lowest BCUT2D eigenvalue weighted by Gasteiger charge is -2.08. The second-order valence-electron chi connectivity index (χ2n) is 4.23. The molecule has 0 aliphatic rings. The SMILES string of the molecule is Cc1cc(Br)ccc1OCCCc1nc(CCl)cs1. The van der Waals surface area contributed by atoms with Crippen LogP contribution in [0.4, 0.5) is 0 Å². The molecule has 5 heteroatoms. The van der Waals surface area contributed by atoms with E-state index in [1.807, 2.05) is 24.4 Å². The normalized spacial score (nSPS) is 10.7. The summed E-state index contributed by atoms with van der Waals surface area (Å²) < 4.78 is 6.85. The van der Waals surface area contributed by atoms with E-state index in [1.165, 1.54) is 0 Å². The Hall–Kier alpha value is -0.580. The minimum absolute atomic E-state index is 0.491. The number of benzene rings is 1. The van der Waals surface area contributed by atoms with Crippen LogP contribution in [0.15, 0.2) is 28.1 Å². The van der Waals surface area contributed by atoms with Gasteiger partial charge in [0.1, 0.15) is 5.75 Å². The minimum Gasteiger partial charge on any atom is -0.493 e. The topological polar surface area (TPSA) is 22.1 Å². The maximum absolute atomic E-state index is 5.78. The Morgan fingerprint density at radius 1 is 1.42 bits per heavy atom. The molecule has 0 amide bonds. The third kappa shape index (κ3) is 4.48. The molecule has 19 heavy (non-hydrogen) atoms. The number of ether oxygens (including phenoxy) is 1. The van der Waals surface area contributed by atoms with Crippen molar-refractivity contribution in [1.82, 2.24) is 4.98 Å². The molecule has 2 nitrogen and oxygen atoms in total. The van der Waals surface area contributed by atoms with Crippen LogP contribution in [0.1, 0.15) is 22.7 Å². The maximum atomic E-state index is 5.78. The van der Waals surface area contributed by atoms with Gasteiger partial charge in [-0.05, 0) is 37.1 Å². The van der Waals surface area contributed by atoms with Crippen LogP contribution in [0.3, 0.4) is 0 Å². The molecule has 0 saturated carbocycles. The molecule has 0 saturated heterocycles. The number of thiazole rings is 1. The number of hydrogen-bond donors (Lipinski definition) is 0. The van der Waals surface area contributed by atoms with E-state index in [0.29, 0.717) is 12.5 Å². The van der Waals surface area contributed by atoms with E-state index in [0.717, 1.165) is 39.3 Å². The molecule has 1 heterocycles. The second-order valence-corrected chi connectivity index (χ2v) is 6.35. The summed E-state index contributed by atoms with van der Waals surface area (Å²) in [7, 11) is 0. The van der Waals surface area contributed by atoms with Gasteiger partial charge in [-0.15, -0.1) is 22.9 Å². The minimum atomic E-state index is 0.491. The Morgan fingerprint density at radius 3 is 2.95 bits per heavy atom. The second kappa shape index (κ2) is 7.27. The monoisotopic (exact) mass is 359 g/mol. The van der Waals surface area contributed by atoms with Crippen molar-refractivity contribution in [3.05, 3.63) is 44.3 Å². The van der Waals surface area contributed by atoms with E-state index in [9.17, 15) is 0 Å². The van der Waals surface area contributed by atoms with Gasteiger partial charge in [0.15, 0.2) is 0 Å². The van der Waals surface area contributed by atoms with Gasteiger partial charge in [-0.3, -0.25) is 0 Å². The van der Waals surface area contributed by atoms with Crippen molar-refractivity contribution >= 4 is 38.9 Å². The fourth-order valence-corrected chi connectivity index (χ4v) is 3.25. The van der Waals surface area contributed by atoms with E-state index in [2.05, 4.69) is 27.0 Å². The Labute approximate surface area is 130 Å². The van der Waals surface area contributed by atoms with Crippen molar-refractivity contribution in [3.8, 4) is 5.75 Å². The molecule has 1 aromatic heterocycles. The highest BCUT2D eigenvalue weighted by molar-refractivity contribution is 9.10. The number of aryl methyl sites for hydroxylation is 2. The Balaban J connectivity index is 1.77. The van der Waals surface area contributed by atoms with Gasteiger partial charge in [-0.25, -0.2) is 4.98 Å². The van der Waals surface area contributed by atoms with Gasteiger partial charge in [-0.1, -0.05) is 15.9 Å². The lowest BCUT2D eigenvalue weighted by atomic mass is 10.2. The summed E-state index contributed by atoms with van der Waals surface area (Å²) in [5.74, 6) is 1.44. The zero-order chi connectivity index (χ0) is 13.7. The van der Waals surface area contributed by atoms with E-state index in [4.69, 9.17) is 16.3 Å². The first kappa shape index (κ1) is 14.8. The average molecular weight is 361 g/mol. The molecule has 0 spiro atoms. The third-order valence-electron chi connectivity index (χ3n) is 2.67. The number of alkyl halides is 1. The summed E-state index contributed by atoms with van der Waals surface area (Å²) >= 11 is 10.8. The van der Waals surface area contributed by atoms with E-state index in [1.54, 1.807) is 11.3 Å². The van der Waals surface area contributed by atoms with Gasteiger partial charge in [0.2, 0.25) is 0 Å². The van der Waals surface area contributed by atoms with Gasteiger partial charge >= 0.3 is 0 Å². The zero-order valence-electron chi connectivity index (χ0n) is 10.7. The predicted molar refractivity (Wildman–Crippen MR) is 84.4 cm³/mol. The number of nitrogens with zero attached hydrogens (tertiary/aromatic N) is 1. The molecule has 0 fully saturated rings. The van der Waals surface area contributed by atoms with Crippen LogP contribution in [0.25, 0.3) is 0 Å². The molecule has 0 aliphatic carbocycles. The first-order valence-electron chi connectivity index (χ1n) is 6.07. The molecule has 0 aliphatic heterocycles. The summed E-state index contributed by atoms with van der Waals surface area (Å²) in [4.78, 5) is 4.43. The molecular formula is C14H15BrClNOS. The summed E-state index contributed by atoms with van der Waals surface area (Å²) in [5.41, 5.74) is 2.11. The Kier molecular flexibility index (Phi) is 5.67. The molecule has 2 aromatic rings. The fourth-order valence-electron chi connectivity index (χ4n) is 1.71. The van der Waals surface area contributed by atoms with Crippen LogP contribution in [0.5, 0.6) is 5.75 Å². The van der Waals surface area contributed by atoms with Crippen molar-refractivity contribution < 1.29 is 4.74 Å². The molecule has 0 radical (unpaired) electrons. The standard InChI is InChI=1S/C14H15BrClNOS/c1-10-7-11(15)4-5-13(10)18-6-2-3-14-17-12(8-16)9-19-14/h4-5,7,9H,2-3,6,8H2,1H3. The first-order chi connectivity index (χ1) is 9.19. The quantitative estimate of drug-likeness (QED) is 0.536. The summed E-state index contributed by atoms with van der Waals surface area (Å²) in [6.45, 7) is 2.76. The molecule has 0 N–H and O–H groups in total. The molecule has 102 valence electrons. The zero-order valence-corrected chi connectivity index (χ0v) is 13.8. The molecule has 0 unspecified atom stereocenters. The molecule has 2 rings (SSSR count). The highest BCUT2D eigenvalue weighted by atomic mass is 79.9. The van der Waals surface area contributed by atoms with Crippen LogP contribution in [0, 0.1) is 6.92 Å². The van der Waals surface area contributed by atoms with E-state index in [-0.39, 0.29) is 0 Å². The number of aromatic nitrogens is 1. The molecular weight excluding hydrogens is 346 g/mol. The van der Waals surface area contributed by atoms with Crippen LogP contribution in [-0.2, 0) is 12.3 Å². The smallest absolute Gasteiger partial charge is 0.122 e. The maximum Gasteiger partial charge on any atom is 0.122 e. The van der Waals surface area contributed by atoms with Gasteiger partial charge in [0.05, 0.1) is 23.2 Å². The summed E-state index contributed by atoms with van der Waals surface area (Å²) in [6, 6.07) is 6.05. The summed E-state index contributed by atoms with van der Waals surface area (Å²) in [5, 5.41) is 3.15. The van der Waals surface area contributed by atoms with E-state index < -0.39 is 0 Å². The number of halogens is 2. The highest BCUT2D eigenvalue weighted by Crippen LogP contribution is 2.22. The van der Waals surface area contributed by atoms with Crippen molar-refractivity contribution in [1.29, 1.82) is 0 Å². The fraction of sp³-hybridized carbons (Fsp3) is 0.357. The number of hydrogen-bond acceptors (Lipinski definition) is 3.